The Morgan fingerprint density at radius 3 is 2.34 bits per heavy atom. The molecule has 1 unspecified atom stereocenters. The third-order valence-electron chi connectivity index (χ3n) is 6.40. The number of carbonyl (C=O) groups excluding carboxylic acids is 1. The van der Waals surface area contributed by atoms with Crippen LogP contribution >= 0.6 is 0 Å². The van der Waals surface area contributed by atoms with E-state index in [1.54, 1.807) is 13.0 Å². The molecule has 2 fully saturated rings. The van der Waals surface area contributed by atoms with E-state index in [4.69, 9.17) is 9.47 Å². The third kappa shape index (κ3) is 4.75. The second kappa shape index (κ2) is 8.24. The molecule has 0 radical (unpaired) electrons. The molecule has 1 aromatic rings. The fourth-order valence-electron chi connectivity index (χ4n) is 4.20. The number of nitrogens with one attached hydrogen (secondary N) is 1. The second-order valence-electron chi connectivity index (χ2n) is 8.29. The SMILES string of the molecule is CC(C(=O)NCC1(N(C)C)CCC2(CC1)OCCO2)c1cccc(C(F)(F)F)c1. The molecule has 1 saturated carbocycles. The van der Waals surface area contributed by atoms with Crippen LogP contribution in [-0.2, 0) is 20.4 Å². The molecule has 1 aromatic carbocycles. The van der Waals surface area contributed by atoms with Gasteiger partial charge in [0, 0.05) is 24.9 Å². The van der Waals surface area contributed by atoms with Crippen LogP contribution < -0.4 is 5.32 Å². The largest absolute Gasteiger partial charge is 0.416 e. The first-order valence-electron chi connectivity index (χ1n) is 9.97. The molecular weight excluding hydrogens is 385 g/mol. The van der Waals surface area contributed by atoms with Crippen LogP contribution in [-0.4, -0.2) is 56.0 Å². The monoisotopic (exact) mass is 414 g/mol. The van der Waals surface area contributed by atoms with Crippen molar-refractivity contribution in [3.63, 3.8) is 0 Å². The Balaban J connectivity index is 1.64. The van der Waals surface area contributed by atoms with Gasteiger partial charge in [0.15, 0.2) is 5.79 Å². The molecule has 1 spiro atoms. The number of ether oxygens (including phenoxy) is 2. The molecule has 162 valence electrons. The van der Waals surface area contributed by atoms with Crippen LogP contribution in [0.25, 0.3) is 0 Å². The number of nitrogens with zero attached hydrogens (tertiary/aromatic N) is 1. The van der Waals surface area contributed by atoms with Gasteiger partial charge in [0.2, 0.25) is 5.91 Å². The van der Waals surface area contributed by atoms with E-state index in [0.29, 0.717) is 25.3 Å². The summed E-state index contributed by atoms with van der Waals surface area (Å²) < 4.78 is 50.5. The Bertz CT molecular complexity index is 720. The summed E-state index contributed by atoms with van der Waals surface area (Å²) in [5.74, 6) is -1.44. The fraction of sp³-hybridized carbons (Fsp3) is 0.667. The van der Waals surface area contributed by atoms with Gasteiger partial charge in [-0.2, -0.15) is 13.2 Å². The first-order chi connectivity index (χ1) is 13.6. The molecule has 1 heterocycles. The summed E-state index contributed by atoms with van der Waals surface area (Å²) in [4.78, 5) is 14.8. The maximum absolute atomic E-state index is 13.0. The van der Waals surface area contributed by atoms with E-state index in [2.05, 4.69) is 10.2 Å². The number of rotatable bonds is 5. The predicted molar refractivity (Wildman–Crippen MR) is 102 cm³/mol. The molecule has 1 atom stereocenters. The zero-order valence-corrected chi connectivity index (χ0v) is 17.1. The Hall–Kier alpha value is -1.64. The highest BCUT2D eigenvalue weighted by molar-refractivity contribution is 5.83. The van der Waals surface area contributed by atoms with Crippen LogP contribution in [0.15, 0.2) is 24.3 Å². The van der Waals surface area contributed by atoms with E-state index >= 15 is 0 Å². The molecule has 8 heteroatoms. The molecule has 0 aromatic heterocycles. The summed E-state index contributed by atoms with van der Waals surface area (Å²) in [6.07, 6.45) is -1.31. The summed E-state index contributed by atoms with van der Waals surface area (Å²) in [5, 5.41) is 2.97. The number of alkyl halides is 3. The van der Waals surface area contributed by atoms with Crippen molar-refractivity contribution in [1.29, 1.82) is 0 Å². The van der Waals surface area contributed by atoms with Gasteiger partial charge in [-0.25, -0.2) is 0 Å². The van der Waals surface area contributed by atoms with Crippen LogP contribution in [0.2, 0.25) is 0 Å². The van der Waals surface area contributed by atoms with Crippen LogP contribution in [0, 0.1) is 0 Å². The highest BCUT2D eigenvalue weighted by Gasteiger charge is 2.47. The maximum atomic E-state index is 13.0. The topological polar surface area (TPSA) is 50.8 Å². The predicted octanol–water partition coefficient (Wildman–Crippen LogP) is 3.54. The molecule has 3 rings (SSSR count). The lowest BCUT2D eigenvalue weighted by atomic mass is 9.77. The lowest BCUT2D eigenvalue weighted by Crippen LogP contribution is -2.57. The van der Waals surface area contributed by atoms with Crippen molar-refractivity contribution in [2.24, 2.45) is 0 Å². The highest BCUT2D eigenvalue weighted by Crippen LogP contribution is 2.42. The van der Waals surface area contributed by atoms with Gasteiger partial charge in [0.25, 0.3) is 0 Å². The summed E-state index contributed by atoms with van der Waals surface area (Å²) in [6, 6.07) is 4.96. The summed E-state index contributed by atoms with van der Waals surface area (Å²) >= 11 is 0. The molecule has 1 aliphatic heterocycles. The Kier molecular flexibility index (Phi) is 6.27. The lowest BCUT2D eigenvalue weighted by molar-refractivity contribution is -0.192. The van der Waals surface area contributed by atoms with Crippen molar-refractivity contribution < 1.29 is 27.4 Å². The lowest BCUT2D eigenvalue weighted by Gasteiger charge is -2.47. The molecule has 1 N–H and O–H groups in total. The first-order valence-corrected chi connectivity index (χ1v) is 9.97. The van der Waals surface area contributed by atoms with Gasteiger partial charge in [-0.05, 0) is 45.5 Å². The minimum atomic E-state index is -4.43. The quantitative estimate of drug-likeness (QED) is 0.801. The molecular formula is C21H29F3N2O3. The van der Waals surface area contributed by atoms with Gasteiger partial charge in [-0.1, -0.05) is 18.2 Å². The van der Waals surface area contributed by atoms with Crippen molar-refractivity contribution in [1.82, 2.24) is 10.2 Å². The van der Waals surface area contributed by atoms with Crippen molar-refractivity contribution in [2.75, 3.05) is 33.9 Å². The van der Waals surface area contributed by atoms with Gasteiger partial charge in [-0.15, -0.1) is 0 Å². The zero-order valence-electron chi connectivity index (χ0n) is 17.1. The highest BCUT2D eigenvalue weighted by atomic mass is 19.4. The first kappa shape index (κ1) is 22.1. The normalized spacial score (nSPS) is 22.0. The average Bonchev–Trinajstić information content (AvgIpc) is 3.14. The number of amides is 1. The standard InChI is InChI=1S/C21H29F3N2O3/c1-15(16-5-4-6-17(13-16)21(22,23)24)18(27)25-14-19(26(2)3)7-9-20(10-8-19)28-11-12-29-20/h4-6,13,15H,7-12,14H2,1-3H3,(H,25,27). The van der Waals surface area contributed by atoms with Gasteiger partial charge >= 0.3 is 6.18 Å². The van der Waals surface area contributed by atoms with Gasteiger partial charge in [-0.3, -0.25) is 4.79 Å². The van der Waals surface area contributed by atoms with Crippen molar-refractivity contribution in [2.45, 2.75) is 56.0 Å². The van der Waals surface area contributed by atoms with E-state index in [9.17, 15) is 18.0 Å². The Morgan fingerprint density at radius 1 is 1.17 bits per heavy atom. The van der Waals surface area contributed by atoms with Crippen LogP contribution in [0.5, 0.6) is 0 Å². The van der Waals surface area contributed by atoms with Crippen molar-refractivity contribution in [3.8, 4) is 0 Å². The smallest absolute Gasteiger partial charge is 0.354 e. The molecule has 5 nitrogen and oxygen atoms in total. The van der Waals surface area contributed by atoms with Crippen molar-refractivity contribution in [3.05, 3.63) is 35.4 Å². The maximum Gasteiger partial charge on any atom is 0.416 e. The number of hydrogen-bond acceptors (Lipinski definition) is 4. The van der Waals surface area contributed by atoms with Gasteiger partial charge in [0.1, 0.15) is 0 Å². The van der Waals surface area contributed by atoms with Crippen LogP contribution in [0.3, 0.4) is 0 Å². The summed E-state index contributed by atoms with van der Waals surface area (Å²) in [5.41, 5.74) is -0.621. The minimum Gasteiger partial charge on any atom is -0.354 e. The van der Waals surface area contributed by atoms with E-state index < -0.39 is 23.4 Å². The average molecular weight is 414 g/mol. The van der Waals surface area contributed by atoms with Crippen LogP contribution in [0.1, 0.15) is 49.7 Å². The minimum absolute atomic E-state index is 0.232. The Morgan fingerprint density at radius 2 is 1.79 bits per heavy atom. The summed E-state index contributed by atoms with van der Waals surface area (Å²) in [6.45, 7) is 3.28. The number of halogens is 3. The zero-order chi connectivity index (χ0) is 21.3. The van der Waals surface area contributed by atoms with E-state index in [1.165, 1.54) is 6.07 Å². The molecule has 1 aliphatic carbocycles. The van der Waals surface area contributed by atoms with Gasteiger partial charge < -0.3 is 19.7 Å². The van der Waals surface area contributed by atoms with Crippen LogP contribution in [0.4, 0.5) is 13.2 Å². The third-order valence-corrected chi connectivity index (χ3v) is 6.40. The number of carbonyl (C=O) groups is 1. The number of likely N-dealkylation sites (N-methyl/N-ethyl adjacent to an activating group) is 1. The summed E-state index contributed by atoms with van der Waals surface area (Å²) in [7, 11) is 3.97. The van der Waals surface area contributed by atoms with E-state index in [1.807, 2.05) is 14.1 Å². The van der Waals surface area contributed by atoms with E-state index in [0.717, 1.165) is 37.8 Å². The molecule has 29 heavy (non-hydrogen) atoms. The van der Waals surface area contributed by atoms with Gasteiger partial charge in [0.05, 0.1) is 24.7 Å². The van der Waals surface area contributed by atoms with E-state index in [-0.39, 0.29) is 11.4 Å². The second-order valence-corrected chi connectivity index (χ2v) is 8.29. The Labute approximate surface area is 169 Å². The number of benzene rings is 1. The number of hydrogen-bond donors (Lipinski definition) is 1. The molecule has 0 bridgehead atoms. The molecule has 2 aliphatic rings. The van der Waals surface area contributed by atoms with Crippen molar-refractivity contribution >= 4 is 5.91 Å². The fourth-order valence-corrected chi connectivity index (χ4v) is 4.20. The molecule has 1 saturated heterocycles. The molecule has 1 amide bonds.